The second kappa shape index (κ2) is 3.31. The van der Waals surface area contributed by atoms with Gasteiger partial charge in [-0.1, -0.05) is 34.1 Å². The minimum absolute atomic E-state index is 0.467. The highest BCUT2D eigenvalue weighted by atomic mass is 79.9. The van der Waals surface area contributed by atoms with Crippen LogP contribution in [0.25, 0.3) is 4.85 Å². The summed E-state index contributed by atoms with van der Waals surface area (Å²) >= 11 is 3.16. The zero-order valence-corrected chi connectivity index (χ0v) is 7.13. The van der Waals surface area contributed by atoms with Crippen molar-refractivity contribution in [3.63, 3.8) is 0 Å². The van der Waals surface area contributed by atoms with Gasteiger partial charge < -0.3 is 0 Å². The lowest BCUT2D eigenvalue weighted by Crippen LogP contribution is -1.79. The average Bonchev–Trinajstić information content (AvgIpc) is 2.05. The molecule has 0 bridgehead atoms. The summed E-state index contributed by atoms with van der Waals surface area (Å²) < 4.78 is 0.574. The predicted octanol–water partition coefficient (Wildman–Crippen LogP) is 2.81. The summed E-state index contributed by atoms with van der Waals surface area (Å²) in [5.74, 6) is 0. The molecule has 0 saturated carbocycles. The van der Waals surface area contributed by atoms with Gasteiger partial charge in [-0.25, -0.2) is 4.85 Å². The second-order valence-electron chi connectivity index (χ2n) is 1.91. The number of hydrogen-bond acceptors (Lipinski definition) is 1. The molecule has 11 heavy (non-hydrogen) atoms. The normalized spacial score (nSPS) is 8.73. The summed E-state index contributed by atoms with van der Waals surface area (Å²) in [6.07, 6.45) is 0.721. The summed E-state index contributed by atoms with van der Waals surface area (Å²) in [6.45, 7) is 6.74. The molecule has 0 N–H and O–H groups in total. The molecule has 2 nitrogen and oxygen atoms in total. The number of aldehydes is 1. The van der Waals surface area contributed by atoms with E-state index in [-0.39, 0.29) is 0 Å². The largest absolute Gasteiger partial charge is 0.298 e. The van der Waals surface area contributed by atoms with E-state index < -0.39 is 0 Å². The summed E-state index contributed by atoms with van der Waals surface area (Å²) in [4.78, 5) is 13.6. The van der Waals surface area contributed by atoms with Crippen molar-refractivity contribution < 1.29 is 4.79 Å². The van der Waals surface area contributed by atoms with E-state index in [1.165, 1.54) is 0 Å². The second-order valence-corrected chi connectivity index (χ2v) is 2.70. The first-order valence-electron chi connectivity index (χ1n) is 2.90. The van der Waals surface area contributed by atoms with E-state index in [4.69, 9.17) is 6.57 Å². The standard InChI is InChI=1S/C8H4BrNO/c1-10-7-4-2-3-6(5-11)8(7)9/h2-5H. The minimum Gasteiger partial charge on any atom is -0.298 e. The Morgan fingerprint density at radius 2 is 2.27 bits per heavy atom. The van der Waals surface area contributed by atoms with Gasteiger partial charge >= 0.3 is 0 Å². The Balaban J connectivity index is 3.34. The maximum absolute atomic E-state index is 10.4. The van der Waals surface area contributed by atoms with Gasteiger partial charge in [0.25, 0.3) is 0 Å². The van der Waals surface area contributed by atoms with Gasteiger partial charge in [0.15, 0.2) is 0 Å². The van der Waals surface area contributed by atoms with Gasteiger partial charge in [0, 0.05) is 10.0 Å². The quantitative estimate of drug-likeness (QED) is 0.515. The molecule has 0 aliphatic carbocycles. The molecule has 3 heteroatoms. The van der Waals surface area contributed by atoms with Crippen LogP contribution >= 0.6 is 15.9 Å². The van der Waals surface area contributed by atoms with Gasteiger partial charge in [0.1, 0.15) is 6.29 Å². The molecule has 0 amide bonds. The van der Waals surface area contributed by atoms with Crippen molar-refractivity contribution >= 4 is 27.9 Å². The highest BCUT2D eigenvalue weighted by Gasteiger charge is 2.02. The highest BCUT2D eigenvalue weighted by Crippen LogP contribution is 2.27. The van der Waals surface area contributed by atoms with E-state index >= 15 is 0 Å². The van der Waals surface area contributed by atoms with Crippen LogP contribution in [0, 0.1) is 6.57 Å². The van der Waals surface area contributed by atoms with Crippen molar-refractivity contribution in [2.75, 3.05) is 0 Å². The molecule has 0 unspecified atom stereocenters. The van der Waals surface area contributed by atoms with Gasteiger partial charge in [0.05, 0.1) is 6.57 Å². The van der Waals surface area contributed by atoms with Gasteiger partial charge in [-0.2, -0.15) is 0 Å². The lowest BCUT2D eigenvalue weighted by molar-refractivity contribution is 0.112. The zero-order chi connectivity index (χ0) is 8.27. The summed E-state index contributed by atoms with van der Waals surface area (Å²) in [5, 5.41) is 0. The topological polar surface area (TPSA) is 21.4 Å². The van der Waals surface area contributed by atoms with Crippen LogP contribution in [0.4, 0.5) is 5.69 Å². The van der Waals surface area contributed by atoms with Crippen molar-refractivity contribution in [1.29, 1.82) is 0 Å². The average molecular weight is 210 g/mol. The first kappa shape index (κ1) is 7.96. The number of carbonyl (C=O) groups excluding carboxylic acids is 1. The first-order valence-corrected chi connectivity index (χ1v) is 3.70. The molecule has 1 aromatic rings. The molecule has 54 valence electrons. The Labute approximate surface area is 72.8 Å². The number of hydrogen-bond donors (Lipinski definition) is 0. The maximum Gasteiger partial charge on any atom is 0.201 e. The van der Waals surface area contributed by atoms with Crippen LogP contribution < -0.4 is 0 Å². The Morgan fingerprint density at radius 3 is 2.82 bits per heavy atom. The summed E-state index contributed by atoms with van der Waals surface area (Å²) in [7, 11) is 0. The van der Waals surface area contributed by atoms with Crippen molar-refractivity contribution in [2.24, 2.45) is 0 Å². The zero-order valence-electron chi connectivity index (χ0n) is 5.54. The van der Waals surface area contributed by atoms with Crippen molar-refractivity contribution in [3.05, 3.63) is 39.7 Å². The third-order valence-corrected chi connectivity index (χ3v) is 2.12. The number of halogens is 1. The van der Waals surface area contributed by atoms with Gasteiger partial charge in [-0.15, -0.1) is 0 Å². The maximum atomic E-state index is 10.4. The SMILES string of the molecule is [C-]#[N+]c1cccc(C=O)c1Br. The van der Waals surface area contributed by atoms with Gasteiger partial charge in [0.2, 0.25) is 5.69 Å². The smallest absolute Gasteiger partial charge is 0.201 e. The molecular weight excluding hydrogens is 206 g/mol. The van der Waals surface area contributed by atoms with Crippen molar-refractivity contribution in [2.45, 2.75) is 0 Å². The molecule has 0 spiro atoms. The summed E-state index contributed by atoms with van der Waals surface area (Å²) in [5.41, 5.74) is 0.980. The molecule has 0 atom stereocenters. The van der Waals surface area contributed by atoms with Crippen molar-refractivity contribution in [1.82, 2.24) is 0 Å². The van der Waals surface area contributed by atoms with E-state index in [1.807, 2.05) is 0 Å². The van der Waals surface area contributed by atoms with Crippen LogP contribution in [0.15, 0.2) is 22.7 Å². The molecule has 0 heterocycles. The Kier molecular flexibility index (Phi) is 2.40. The van der Waals surface area contributed by atoms with Crippen molar-refractivity contribution in [3.8, 4) is 0 Å². The monoisotopic (exact) mass is 209 g/mol. The first-order chi connectivity index (χ1) is 5.29. The molecule has 0 aliphatic rings. The van der Waals surface area contributed by atoms with Gasteiger partial charge in [-0.3, -0.25) is 4.79 Å². The highest BCUT2D eigenvalue weighted by molar-refractivity contribution is 9.10. The van der Waals surface area contributed by atoms with E-state index in [0.29, 0.717) is 15.7 Å². The lowest BCUT2D eigenvalue weighted by Gasteiger charge is -1.96. The fraction of sp³-hybridized carbons (Fsp3) is 0. The van der Waals surface area contributed by atoms with Crippen LogP contribution in [0.1, 0.15) is 10.4 Å². The van der Waals surface area contributed by atoms with E-state index in [0.717, 1.165) is 6.29 Å². The number of carbonyl (C=O) groups is 1. The van der Waals surface area contributed by atoms with Gasteiger partial charge in [-0.05, 0) is 0 Å². The Hall–Kier alpha value is -1.14. The minimum atomic E-state index is 0.467. The van der Waals surface area contributed by atoms with Crippen LogP contribution in [0.2, 0.25) is 0 Å². The van der Waals surface area contributed by atoms with Crippen LogP contribution in [-0.4, -0.2) is 6.29 Å². The van der Waals surface area contributed by atoms with Crippen LogP contribution in [0.3, 0.4) is 0 Å². The number of nitrogens with zero attached hydrogens (tertiary/aromatic N) is 1. The molecular formula is C8H4BrNO. The van der Waals surface area contributed by atoms with E-state index in [2.05, 4.69) is 20.8 Å². The number of rotatable bonds is 1. The molecule has 1 rings (SSSR count). The number of benzene rings is 1. The molecule has 0 fully saturated rings. The molecule has 0 saturated heterocycles. The molecule has 0 aromatic heterocycles. The third kappa shape index (κ3) is 1.47. The fourth-order valence-electron chi connectivity index (χ4n) is 0.715. The lowest BCUT2D eigenvalue weighted by atomic mass is 10.2. The molecule has 0 radical (unpaired) electrons. The summed E-state index contributed by atoms with van der Waals surface area (Å²) in [6, 6.07) is 5.00. The van der Waals surface area contributed by atoms with E-state index in [9.17, 15) is 4.79 Å². The predicted molar refractivity (Wildman–Crippen MR) is 45.8 cm³/mol. The van der Waals surface area contributed by atoms with E-state index in [1.54, 1.807) is 18.2 Å². The Morgan fingerprint density at radius 1 is 1.55 bits per heavy atom. The molecule has 1 aromatic carbocycles. The van der Waals surface area contributed by atoms with Crippen LogP contribution in [-0.2, 0) is 0 Å². The molecule has 0 aliphatic heterocycles. The third-order valence-electron chi connectivity index (χ3n) is 1.26. The Bertz CT molecular complexity index is 327. The fourth-order valence-corrected chi connectivity index (χ4v) is 1.16. The van der Waals surface area contributed by atoms with Crippen LogP contribution in [0.5, 0.6) is 0 Å².